The van der Waals surface area contributed by atoms with Gasteiger partial charge in [-0.05, 0) is 39.8 Å². The Labute approximate surface area is 124 Å². The van der Waals surface area contributed by atoms with Crippen LogP contribution in [0.1, 0.15) is 31.3 Å². The summed E-state index contributed by atoms with van der Waals surface area (Å²) in [6, 6.07) is 3.02. The van der Waals surface area contributed by atoms with Crippen LogP contribution in [0, 0.1) is 13.8 Å². The van der Waals surface area contributed by atoms with Crippen molar-refractivity contribution >= 4 is 21.5 Å². The third-order valence-corrected chi connectivity index (χ3v) is 4.46. The zero-order valence-electron chi connectivity index (χ0n) is 12.5. The average Bonchev–Trinajstić information content (AvgIpc) is 2.67. The van der Waals surface area contributed by atoms with Crippen molar-refractivity contribution in [3.05, 3.63) is 29.7 Å². The monoisotopic (exact) mass is 309 g/mol. The number of nitrogens with one attached hydrogen (secondary N) is 1. The van der Waals surface area contributed by atoms with Crippen molar-refractivity contribution in [3.8, 4) is 0 Å². The molecule has 0 amide bonds. The molecule has 0 bridgehead atoms. The minimum absolute atomic E-state index is 0.0628. The highest BCUT2D eigenvalue weighted by Crippen LogP contribution is 2.25. The molecule has 0 saturated heterocycles. The Bertz CT molecular complexity index is 748. The Hall–Kier alpha value is -2.09. The van der Waals surface area contributed by atoms with E-state index in [1.54, 1.807) is 11.6 Å². The summed E-state index contributed by atoms with van der Waals surface area (Å²) in [5.41, 5.74) is 7.37. The maximum atomic E-state index is 12.4. The quantitative estimate of drug-likeness (QED) is 0.897. The standard InChI is InChI=1S/C13H19N5O2S/c1-8(2)18-10(4)13(9(3)16-18)17-21(19,20)11-5-6-12(14)15-7-11/h5-8,17H,1-4H3,(H2,14,15). The Morgan fingerprint density at radius 1 is 1.29 bits per heavy atom. The summed E-state index contributed by atoms with van der Waals surface area (Å²) in [5, 5.41) is 4.36. The average molecular weight is 309 g/mol. The third kappa shape index (κ3) is 2.99. The Balaban J connectivity index is 2.39. The molecule has 0 aliphatic heterocycles. The second kappa shape index (κ2) is 5.36. The number of pyridine rings is 1. The Morgan fingerprint density at radius 2 is 1.95 bits per heavy atom. The van der Waals surface area contributed by atoms with Crippen LogP contribution in [0.3, 0.4) is 0 Å². The van der Waals surface area contributed by atoms with Crippen LogP contribution >= 0.6 is 0 Å². The molecule has 2 rings (SSSR count). The minimum Gasteiger partial charge on any atom is -0.384 e. The van der Waals surface area contributed by atoms with E-state index in [0.717, 1.165) is 5.69 Å². The second-order valence-corrected chi connectivity index (χ2v) is 6.79. The number of anilines is 2. The van der Waals surface area contributed by atoms with Crippen molar-refractivity contribution in [1.82, 2.24) is 14.8 Å². The summed E-state index contributed by atoms with van der Waals surface area (Å²) >= 11 is 0. The number of hydrogen-bond donors (Lipinski definition) is 2. The van der Waals surface area contributed by atoms with Crippen molar-refractivity contribution in [3.63, 3.8) is 0 Å². The van der Waals surface area contributed by atoms with Gasteiger partial charge in [0.2, 0.25) is 0 Å². The number of hydrogen-bond acceptors (Lipinski definition) is 5. The van der Waals surface area contributed by atoms with Gasteiger partial charge in [-0.15, -0.1) is 0 Å². The number of sulfonamides is 1. The minimum atomic E-state index is -3.71. The van der Waals surface area contributed by atoms with Gasteiger partial charge in [0.1, 0.15) is 10.7 Å². The molecule has 7 nitrogen and oxygen atoms in total. The SMILES string of the molecule is Cc1nn(C(C)C)c(C)c1NS(=O)(=O)c1ccc(N)nc1. The van der Waals surface area contributed by atoms with Gasteiger partial charge in [0.15, 0.2) is 0 Å². The van der Waals surface area contributed by atoms with E-state index in [-0.39, 0.29) is 16.8 Å². The molecule has 2 heterocycles. The Kier molecular flexibility index (Phi) is 3.91. The van der Waals surface area contributed by atoms with Crippen LogP contribution in [0.5, 0.6) is 0 Å². The van der Waals surface area contributed by atoms with Crippen LogP contribution < -0.4 is 10.5 Å². The van der Waals surface area contributed by atoms with Crippen molar-refractivity contribution in [2.24, 2.45) is 0 Å². The fourth-order valence-corrected chi connectivity index (χ4v) is 3.18. The lowest BCUT2D eigenvalue weighted by Gasteiger charge is -2.10. The van der Waals surface area contributed by atoms with Crippen LogP contribution in [0.15, 0.2) is 23.2 Å². The van der Waals surface area contributed by atoms with Gasteiger partial charge < -0.3 is 5.73 Å². The molecule has 0 saturated carbocycles. The van der Waals surface area contributed by atoms with E-state index in [9.17, 15) is 8.42 Å². The van der Waals surface area contributed by atoms with Gasteiger partial charge in [0.05, 0.1) is 17.1 Å². The largest absolute Gasteiger partial charge is 0.384 e. The van der Waals surface area contributed by atoms with Gasteiger partial charge in [-0.3, -0.25) is 9.40 Å². The van der Waals surface area contributed by atoms with Gasteiger partial charge in [0, 0.05) is 12.2 Å². The van der Waals surface area contributed by atoms with Gasteiger partial charge in [-0.25, -0.2) is 13.4 Å². The first-order valence-electron chi connectivity index (χ1n) is 6.52. The number of nitrogens with zero attached hydrogens (tertiary/aromatic N) is 3. The third-order valence-electron chi connectivity index (χ3n) is 3.12. The molecule has 0 unspecified atom stereocenters. The lowest BCUT2D eigenvalue weighted by atomic mass is 10.3. The zero-order chi connectivity index (χ0) is 15.8. The number of nitrogens with two attached hydrogens (primary N) is 1. The van der Waals surface area contributed by atoms with E-state index in [1.807, 2.05) is 20.8 Å². The highest BCUT2D eigenvalue weighted by molar-refractivity contribution is 7.92. The molecule has 0 aliphatic rings. The summed E-state index contributed by atoms with van der Waals surface area (Å²) in [6.45, 7) is 7.58. The molecule has 0 spiro atoms. The fraction of sp³-hybridized carbons (Fsp3) is 0.385. The van der Waals surface area contributed by atoms with E-state index in [4.69, 9.17) is 5.73 Å². The second-order valence-electron chi connectivity index (χ2n) is 5.11. The van der Waals surface area contributed by atoms with Crippen LogP contribution in [0.2, 0.25) is 0 Å². The number of aromatic nitrogens is 3. The van der Waals surface area contributed by atoms with Gasteiger partial charge >= 0.3 is 0 Å². The first kappa shape index (κ1) is 15.3. The lowest BCUT2D eigenvalue weighted by Crippen LogP contribution is -2.15. The normalized spacial score (nSPS) is 11.9. The van der Waals surface area contributed by atoms with E-state index >= 15 is 0 Å². The van der Waals surface area contributed by atoms with E-state index in [1.165, 1.54) is 18.3 Å². The van der Waals surface area contributed by atoms with Crippen molar-refractivity contribution in [2.75, 3.05) is 10.5 Å². The highest BCUT2D eigenvalue weighted by atomic mass is 32.2. The molecule has 114 valence electrons. The molecule has 0 radical (unpaired) electrons. The van der Waals surface area contributed by atoms with Gasteiger partial charge in [0.25, 0.3) is 10.0 Å². The van der Waals surface area contributed by atoms with Crippen LogP contribution in [-0.2, 0) is 10.0 Å². The first-order valence-corrected chi connectivity index (χ1v) is 8.00. The lowest BCUT2D eigenvalue weighted by molar-refractivity contribution is 0.516. The van der Waals surface area contributed by atoms with E-state index in [2.05, 4.69) is 14.8 Å². The molecule has 0 aliphatic carbocycles. The van der Waals surface area contributed by atoms with Crippen molar-refractivity contribution in [1.29, 1.82) is 0 Å². The summed E-state index contributed by atoms with van der Waals surface area (Å²) < 4.78 is 29.1. The van der Waals surface area contributed by atoms with E-state index < -0.39 is 10.0 Å². The molecule has 0 atom stereocenters. The maximum Gasteiger partial charge on any atom is 0.263 e. The summed E-state index contributed by atoms with van der Waals surface area (Å²) in [4.78, 5) is 3.87. The van der Waals surface area contributed by atoms with Gasteiger partial charge in [-0.2, -0.15) is 5.10 Å². The topological polar surface area (TPSA) is 103 Å². The predicted octanol–water partition coefficient (Wildman–Crippen LogP) is 1.86. The number of aryl methyl sites for hydroxylation is 1. The number of nitrogen functional groups attached to an aromatic ring is 1. The molecular formula is C13H19N5O2S. The predicted molar refractivity (Wildman–Crippen MR) is 81.5 cm³/mol. The van der Waals surface area contributed by atoms with Gasteiger partial charge in [-0.1, -0.05) is 0 Å². The van der Waals surface area contributed by atoms with Crippen molar-refractivity contribution in [2.45, 2.75) is 38.6 Å². The highest BCUT2D eigenvalue weighted by Gasteiger charge is 2.20. The zero-order valence-corrected chi connectivity index (χ0v) is 13.3. The molecule has 2 aromatic rings. The molecule has 3 N–H and O–H groups in total. The summed E-state index contributed by atoms with van der Waals surface area (Å²) in [7, 11) is -3.71. The van der Waals surface area contributed by atoms with Crippen LogP contribution in [-0.4, -0.2) is 23.2 Å². The fourth-order valence-electron chi connectivity index (χ4n) is 2.06. The van der Waals surface area contributed by atoms with Crippen LogP contribution in [0.25, 0.3) is 0 Å². The van der Waals surface area contributed by atoms with Crippen molar-refractivity contribution < 1.29 is 8.42 Å². The molecular weight excluding hydrogens is 290 g/mol. The smallest absolute Gasteiger partial charge is 0.263 e. The first-order chi connectivity index (χ1) is 9.72. The Morgan fingerprint density at radius 3 is 2.43 bits per heavy atom. The number of rotatable bonds is 4. The van der Waals surface area contributed by atoms with Crippen LogP contribution in [0.4, 0.5) is 11.5 Å². The molecule has 8 heteroatoms. The summed E-state index contributed by atoms with van der Waals surface area (Å²) in [5.74, 6) is 0.272. The maximum absolute atomic E-state index is 12.4. The molecule has 21 heavy (non-hydrogen) atoms. The molecule has 0 fully saturated rings. The summed E-state index contributed by atoms with van der Waals surface area (Å²) in [6.07, 6.45) is 1.23. The van der Waals surface area contributed by atoms with E-state index in [0.29, 0.717) is 11.4 Å². The molecule has 2 aromatic heterocycles. The molecule has 0 aromatic carbocycles.